The van der Waals surface area contributed by atoms with Gasteiger partial charge in [-0.1, -0.05) is 69.2 Å². The molecule has 1 N–H and O–H groups in total. The number of hydrogen-bond acceptors (Lipinski definition) is 9. The van der Waals surface area contributed by atoms with Gasteiger partial charge < -0.3 is 4.90 Å². The smallest absolute Gasteiger partial charge is 0.297 e. The van der Waals surface area contributed by atoms with Crippen LogP contribution in [0.4, 0.5) is 17.1 Å². The summed E-state index contributed by atoms with van der Waals surface area (Å²) >= 11 is 0. The highest BCUT2D eigenvalue weighted by Crippen LogP contribution is 2.36. The highest BCUT2D eigenvalue weighted by atomic mass is 32.2. The first-order valence-corrected chi connectivity index (χ1v) is 23.2. The molecule has 0 heterocycles. The molecule has 0 fully saturated rings. The van der Waals surface area contributed by atoms with Crippen LogP contribution in [0.25, 0.3) is 5.57 Å². The molecule has 0 unspecified atom stereocenters. The van der Waals surface area contributed by atoms with Crippen molar-refractivity contribution in [2.45, 2.75) is 68.1 Å². The SMILES string of the molecule is CCCCN(c1ccc(C(=C2C=CC(=[N+](CCCC)c3cccc(S(=O)(=O)OCC)c3)C=C2)c2ccccc2S(=O)(=O)O)cc1)c1cccc(S(=O)(=O)OCC)c1. The van der Waals surface area contributed by atoms with Crippen molar-refractivity contribution in [3.05, 3.63) is 138 Å². The Bertz CT molecular complexity index is 2510. The van der Waals surface area contributed by atoms with Crippen molar-refractivity contribution in [1.82, 2.24) is 0 Å². The number of nitrogens with zero attached hydrogens (tertiary/aromatic N) is 2. The summed E-state index contributed by atoms with van der Waals surface area (Å²) in [5.41, 5.74) is 5.10. The molecule has 0 spiro atoms. The Kier molecular flexibility index (Phi) is 14.6. The average Bonchev–Trinajstić information content (AvgIpc) is 3.19. The molecule has 5 rings (SSSR count). The van der Waals surface area contributed by atoms with Crippen molar-refractivity contribution >= 4 is 58.7 Å². The molecule has 0 bridgehead atoms. The van der Waals surface area contributed by atoms with Crippen LogP contribution in [0.2, 0.25) is 0 Å². The summed E-state index contributed by atoms with van der Waals surface area (Å²) in [5.74, 6) is 0. The molecule has 0 aliphatic heterocycles. The zero-order valence-corrected chi connectivity index (χ0v) is 35.0. The van der Waals surface area contributed by atoms with Crippen molar-refractivity contribution in [3.8, 4) is 0 Å². The van der Waals surface area contributed by atoms with Crippen molar-refractivity contribution < 1.29 is 42.7 Å². The van der Waals surface area contributed by atoms with Crippen molar-refractivity contribution in [1.29, 1.82) is 0 Å². The average molecular weight is 834 g/mol. The maximum Gasteiger partial charge on any atom is 0.297 e. The summed E-state index contributed by atoms with van der Waals surface area (Å²) < 4.78 is 98.9. The highest BCUT2D eigenvalue weighted by Gasteiger charge is 2.25. The predicted molar refractivity (Wildman–Crippen MR) is 224 cm³/mol. The molecule has 0 aromatic heterocycles. The van der Waals surface area contributed by atoms with E-state index in [-0.39, 0.29) is 27.9 Å². The third-order valence-electron chi connectivity index (χ3n) is 9.22. The van der Waals surface area contributed by atoms with E-state index in [9.17, 15) is 29.8 Å². The second-order valence-electron chi connectivity index (χ2n) is 13.2. The summed E-state index contributed by atoms with van der Waals surface area (Å²) in [7, 11) is -12.5. The summed E-state index contributed by atoms with van der Waals surface area (Å²) in [6.07, 6.45) is 11.0. The van der Waals surface area contributed by atoms with E-state index < -0.39 is 30.4 Å². The standard InChI is InChI=1S/C43H48N2O9S3/c1-5-9-29-44(37-15-13-17-39(31-37)56(49,50)53-7-3)35-25-21-33(22-26-35)43(41-19-11-12-20-42(41)55(46,47)48)34-23-27-36(28-24-34)45(30-10-6-2)38-16-14-18-40(32-38)57(51,52)54-8-4/h11-28,31-32H,5-10,29-30H2,1-4H3/p+1. The topological polar surface area (TPSA) is 147 Å². The molecule has 1 aliphatic carbocycles. The predicted octanol–water partition coefficient (Wildman–Crippen LogP) is 8.84. The van der Waals surface area contributed by atoms with E-state index in [1.54, 1.807) is 56.3 Å². The molecule has 57 heavy (non-hydrogen) atoms. The lowest BCUT2D eigenvalue weighted by Gasteiger charge is -2.26. The molecular weight excluding hydrogens is 785 g/mol. The Balaban J connectivity index is 1.64. The molecule has 11 nitrogen and oxygen atoms in total. The lowest BCUT2D eigenvalue weighted by molar-refractivity contribution is -0.439. The van der Waals surface area contributed by atoms with Crippen LogP contribution in [0.1, 0.15) is 64.5 Å². The molecule has 1 aliphatic rings. The normalized spacial score (nSPS) is 13.2. The molecule has 4 aromatic carbocycles. The molecule has 0 saturated carbocycles. The number of hydrogen-bond donors (Lipinski definition) is 1. The van der Waals surface area contributed by atoms with Gasteiger partial charge in [0.15, 0.2) is 0 Å². The van der Waals surface area contributed by atoms with Crippen LogP contribution in [-0.4, -0.2) is 66.4 Å². The fraction of sp³-hybridized carbons (Fsp3) is 0.279. The van der Waals surface area contributed by atoms with Gasteiger partial charge in [0.1, 0.15) is 16.3 Å². The minimum Gasteiger partial charge on any atom is -0.341 e. The van der Waals surface area contributed by atoms with Crippen LogP contribution in [-0.2, 0) is 38.7 Å². The van der Waals surface area contributed by atoms with Crippen LogP contribution in [0.3, 0.4) is 0 Å². The number of rotatable bonds is 18. The molecule has 0 saturated heterocycles. The van der Waals surface area contributed by atoms with Gasteiger partial charge in [-0.15, -0.1) is 0 Å². The fourth-order valence-electron chi connectivity index (χ4n) is 6.50. The van der Waals surface area contributed by atoms with Crippen LogP contribution in [0.15, 0.2) is 142 Å². The van der Waals surface area contributed by atoms with E-state index >= 15 is 0 Å². The summed E-state index contributed by atoms with van der Waals surface area (Å²) in [6, 6.07) is 27.0. The number of anilines is 2. The maximum atomic E-state index is 12.8. The first kappa shape index (κ1) is 43.4. The Morgan fingerprint density at radius 3 is 1.84 bits per heavy atom. The lowest BCUT2D eigenvalue weighted by atomic mass is 9.90. The van der Waals surface area contributed by atoms with Gasteiger partial charge in [-0.25, -0.2) is 0 Å². The van der Waals surface area contributed by atoms with Crippen LogP contribution < -0.4 is 4.90 Å². The Morgan fingerprint density at radius 1 is 0.649 bits per heavy atom. The summed E-state index contributed by atoms with van der Waals surface area (Å²) in [4.78, 5) is 1.88. The Morgan fingerprint density at radius 2 is 1.25 bits per heavy atom. The maximum absolute atomic E-state index is 12.8. The van der Waals surface area contributed by atoms with Gasteiger partial charge in [0, 0.05) is 54.2 Å². The van der Waals surface area contributed by atoms with E-state index in [2.05, 4.69) is 13.8 Å². The second kappa shape index (κ2) is 19.2. The molecule has 0 atom stereocenters. The van der Waals surface area contributed by atoms with Crippen molar-refractivity contribution in [2.75, 3.05) is 31.2 Å². The van der Waals surface area contributed by atoms with E-state index in [4.69, 9.17) is 8.37 Å². The highest BCUT2D eigenvalue weighted by molar-refractivity contribution is 7.87. The van der Waals surface area contributed by atoms with Gasteiger partial charge in [0.25, 0.3) is 30.4 Å². The third kappa shape index (κ3) is 10.6. The van der Waals surface area contributed by atoms with E-state index in [1.165, 1.54) is 18.2 Å². The minimum atomic E-state index is -4.63. The van der Waals surface area contributed by atoms with Gasteiger partial charge in [0.05, 0.1) is 18.1 Å². The molecular formula is C43H49N2O9S3+. The van der Waals surface area contributed by atoms with Crippen LogP contribution in [0, 0.1) is 0 Å². The lowest BCUT2D eigenvalue weighted by Crippen LogP contribution is -2.19. The Labute approximate surface area is 337 Å². The van der Waals surface area contributed by atoms with Crippen molar-refractivity contribution in [2.24, 2.45) is 0 Å². The van der Waals surface area contributed by atoms with Crippen molar-refractivity contribution in [3.63, 3.8) is 0 Å². The monoisotopic (exact) mass is 833 g/mol. The van der Waals surface area contributed by atoms with Gasteiger partial charge in [-0.05, 0) is 91.6 Å². The molecule has 0 radical (unpaired) electrons. The number of benzene rings is 4. The van der Waals surface area contributed by atoms with E-state index in [0.717, 1.165) is 37.1 Å². The van der Waals surface area contributed by atoms with Gasteiger partial charge in [-0.3, -0.25) is 12.9 Å². The van der Waals surface area contributed by atoms with Gasteiger partial charge in [0.2, 0.25) is 11.4 Å². The number of unbranched alkanes of at least 4 members (excludes halogenated alkanes) is 2. The molecule has 4 aromatic rings. The number of allylic oxidation sites excluding steroid dienone is 5. The first-order valence-electron chi connectivity index (χ1n) is 18.9. The van der Waals surface area contributed by atoms with E-state index in [1.807, 2.05) is 70.2 Å². The molecule has 14 heteroatoms. The first-order chi connectivity index (χ1) is 27.2. The van der Waals surface area contributed by atoms with Gasteiger partial charge in [-0.2, -0.15) is 29.8 Å². The fourth-order valence-corrected chi connectivity index (χ4v) is 9.11. The largest absolute Gasteiger partial charge is 0.341 e. The minimum absolute atomic E-state index is 0.0161. The third-order valence-corrected chi connectivity index (χ3v) is 12.9. The van der Waals surface area contributed by atoms with Crippen LogP contribution >= 0.6 is 0 Å². The summed E-state index contributed by atoms with van der Waals surface area (Å²) in [5, 5.41) is 0. The molecule has 302 valence electrons. The second-order valence-corrected chi connectivity index (χ2v) is 17.8. The quantitative estimate of drug-likeness (QED) is 0.0586. The van der Waals surface area contributed by atoms with E-state index in [0.29, 0.717) is 46.7 Å². The Hall–Kier alpha value is -4.70. The van der Waals surface area contributed by atoms with Crippen LogP contribution in [0.5, 0.6) is 0 Å². The zero-order chi connectivity index (χ0) is 41.2. The zero-order valence-electron chi connectivity index (χ0n) is 32.5. The van der Waals surface area contributed by atoms with Gasteiger partial charge >= 0.3 is 0 Å². The summed E-state index contributed by atoms with van der Waals surface area (Å²) in [6.45, 7) is 8.62. The molecule has 0 amide bonds.